The van der Waals surface area contributed by atoms with Gasteiger partial charge < -0.3 is 103 Å². The SMILES string of the molecule is C=C1C[C@H]2C=Nc3cc(OCc4cc(COc5cc6c(cc5OC)C(=O)N5CC(=C)C[C@H]5C=N6)cc(N5CCN(CCCN)CC5)c4)c(C)cc3C(=O)N2C1.C=C1C[C@H]2[C@H](C)N(B(C)O)c3cc(OCc4cc(COc5cc6c(cc5C)C(=O)N5CC(=C)C[C@H]5[C@H](OC5CCCCO5)N6B(C)O)cc(N5CCN(CCCNB(C)O)CC5)c4)c(OC)cc3C(=O)N2C1. The first-order chi connectivity index (χ1) is 61.2. The van der Waals surface area contributed by atoms with Crippen molar-refractivity contribution in [2.75, 3.05) is 145 Å². The average molecular weight is 1730 g/mol. The van der Waals surface area contributed by atoms with Gasteiger partial charge in [-0.1, -0.05) is 48.6 Å². The molecule has 6 aromatic rings. The van der Waals surface area contributed by atoms with Gasteiger partial charge in [-0.2, -0.15) is 0 Å². The molecule has 4 amide bonds. The molecule has 0 bridgehead atoms. The lowest BCUT2D eigenvalue weighted by Crippen LogP contribution is -2.56. The Bertz CT molecular complexity index is 5240. The van der Waals surface area contributed by atoms with E-state index < -0.39 is 33.7 Å². The highest BCUT2D eigenvalue weighted by atomic mass is 16.7. The van der Waals surface area contributed by atoms with Crippen LogP contribution in [-0.2, 0) is 35.9 Å². The van der Waals surface area contributed by atoms with Crippen LogP contribution < -0.4 is 58.8 Å². The molecule has 6 N–H and O–H groups in total. The number of anilines is 4. The second-order valence-electron chi connectivity index (χ2n) is 35.8. The van der Waals surface area contributed by atoms with Gasteiger partial charge in [-0.15, -0.1) is 0 Å². The summed E-state index contributed by atoms with van der Waals surface area (Å²) in [6.45, 7) is 41.6. The maximum absolute atomic E-state index is 14.4. The van der Waals surface area contributed by atoms with Gasteiger partial charge in [0, 0.05) is 151 Å². The number of nitrogens with zero attached hydrogens (tertiary/aromatic N) is 12. The molecule has 0 spiro atoms. The van der Waals surface area contributed by atoms with E-state index in [1.54, 1.807) is 57.7 Å². The largest absolute Gasteiger partial charge is 0.493 e. The molecule has 32 heteroatoms. The molecule has 670 valence electrons. The van der Waals surface area contributed by atoms with Crippen molar-refractivity contribution in [3.05, 3.63) is 189 Å². The van der Waals surface area contributed by atoms with E-state index in [2.05, 4.69) is 87.5 Å². The summed E-state index contributed by atoms with van der Waals surface area (Å²) in [4.78, 5) is 85.7. The number of aliphatic imine (C=N–C) groups is 2. The zero-order valence-corrected chi connectivity index (χ0v) is 74.7. The highest BCUT2D eigenvalue weighted by Crippen LogP contribution is 2.47. The fraction of sp³-hybridized carbons (Fsp3) is 0.474. The normalized spacial score (nSPS) is 22.2. The minimum absolute atomic E-state index is 0.0256. The van der Waals surface area contributed by atoms with Crippen LogP contribution in [0.25, 0.3) is 0 Å². The molecule has 0 aromatic heterocycles. The third-order valence-corrected chi connectivity index (χ3v) is 26.3. The van der Waals surface area contributed by atoms with Gasteiger partial charge in [0.2, 0.25) is 0 Å². The first-order valence-corrected chi connectivity index (χ1v) is 45.0. The lowest BCUT2D eigenvalue weighted by Gasteiger charge is -2.40. The Morgan fingerprint density at radius 3 is 1.43 bits per heavy atom. The second-order valence-corrected chi connectivity index (χ2v) is 35.8. The van der Waals surface area contributed by atoms with Crippen LogP contribution in [0.4, 0.5) is 34.1 Å². The number of rotatable bonds is 28. The Balaban J connectivity index is 0.000000193. The molecule has 0 aliphatic carbocycles. The van der Waals surface area contributed by atoms with Gasteiger partial charge in [0.05, 0.1) is 72.0 Å². The number of benzene rings is 6. The number of hydrogen-bond acceptors (Lipinski definition) is 25. The number of aryl methyl sites for hydroxylation is 2. The van der Waals surface area contributed by atoms with E-state index in [0.29, 0.717) is 145 Å². The summed E-state index contributed by atoms with van der Waals surface area (Å²) in [5.41, 5.74) is 21.5. The Kier molecular flexibility index (Phi) is 27.6. The summed E-state index contributed by atoms with van der Waals surface area (Å²) >= 11 is 0. The third kappa shape index (κ3) is 19.7. The topological polar surface area (TPSA) is 298 Å². The third-order valence-electron chi connectivity index (χ3n) is 26.3. The maximum atomic E-state index is 14.4. The van der Waals surface area contributed by atoms with Crippen LogP contribution in [0.3, 0.4) is 0 Å². The fourth-order valence-corrected chi connectivity index (χ4v) is 19.8. The minimum atomic E-state index is -1.01. The maximum Gasteiger partial charge on any atom is 0.411 e. The van der Waals surface area contributed by atoms with Crippen LogP contribution in [0.5, 0.6) is 34.5 Å². The number of carbonyl (C=O) groups excluding carboxylic acids is 4. The zero-order chi connectivity index (χ0) is 89.2. The second kappa shape index (κ2) is 39.1. The van der Waals surface area contributed by atoms with Crippen LogP contribution in [0.15, 0.2) is 144 Å². The molecular formula is C95H121B3N14O15. The summed E-state index contributed by atoms with van der Waals surface area (Å²) in [5.74, 6) is 2.69. The number of amides is 4. The van der Waals surface area contributed by atoms with Gasteiger partial charge in [-0.3, -0.25) is 39.0 Å². The molecule has 6 aromatic carbocycles. The van der Waals surface area contributed by atoms with Crippen LogP contribution in [0.1, 0.15) is 140 Å². The van der Waals surface area contributed by atoms with Gasteiger partial charge in [0.15, 0.2) is 29.3 Å². The van der Waals surface area contributed by atoms with Crippen molar-refractivity contribution in [2.24, 2.45) is 15.7 Å². The fourth-order valence-electron chi connectivity index (χ4n) is 19.8. The Morgan fingerprint density at radius 1 is 0.496 bits per heavy atom. The number of fused-ring (bicyclic) bond motifs is 8. The van der Waals surface area contributed by atoms with Crippen LogP contribution in [0, 0.1) is 13.8 Å². The lowest BCUT2D eigenvalue weighted by atomic mass is 9.80. The molecule has 7 fully saturated rings. The van der Waals surface area contributed by atoms with E-state index in [9.17, 15) is 34.3 Å². The van der Waals surface area contributed by atoms with Gasteiger partial charge in [0.25, 0.3) is 23.6 Å². The number of hydrogen-bond donors (Lipinski definition) is 5. The molecule has 17 rings (SSSR count). The summed E-state index contributed by atoms with van der Waals surface area (Å²) in [6, 6.07) is 26.5. The molecule has 7 saturated heterocycles. The molecule has 1 unspecified atom stereocenters. The molecule has 0 radical (unpaired) electrons. The number of methoxy groups -OCH3 is 2. The highest BCUT2D eigenvalue weighted by molar-refractivity contribution is 6.55. The van der Waals surface area contributed by atoms with E-state index in [0.717, 1.165) is 178 Å². The number of nitrogens with two attached hydrogens (primary N) is 1. The number of nitrogens with one attached hydrogen (secondary N) is 1. The predicted octanol–water partition coefficient (Wildman–Crippen LogP) is 10.6. The monoisotopic (exact) mass is 1730 g/mol. The van der Waals surface area contributed by atoms with E-state index >= 15 is 0 Å². The van der Waals surface area contributed by atoms with E-state index in [1.807, 2.05) is 87.9 Å². The van der Waals surface area contributed by atoms with Crippen LogP contribution in [-0.4, -0.2) is 270 Å². The number of ether oxygens (including phenoxy) is 8. The summed E-state index contributed by atoms with van der Waals surface area (Å²) < 4.78 is 50.7. The van der Waals surface area contributed by atoms with E-state index in [-0.39, 0.29) is 73.7 Å². The van der Waals surface area contributed by atoms with E-state index in [1.165, 1.54) is 0 Å². The zero-order valence-electron chi connectivity index (χ0n) is 74.7. The smallest absolute Gasteiger partial charge is 0.411 e. The minimum Gasteiger partial charge on any atom is -0.493 e. The Morgan fingerprint density at radius 2 is 0.921 bits per heavy atom. The molecule has 0 saturated carbocycles. The quantitative estimate of drug-likeness (QED) is 0.0173. The van der Waals surface area contributed by atoms with Crippen molar-refractivity contribution >= 4 is 91.3 Å². The average Bonchev–Trinajstić information content (AvgIpc) is 1.61. The summed E-state index contributed by atoms with van der Waals surface area (Å²) in [6.07, 6.45) is 9.78. The Hall–Kier alpha value is -10.7. The predicted molar refractivity (Wildman–Crippen MR) is 497 cm³/mol. The van der Waals surface area contributed by atoms with Gasteiger partial charge in [-0.05, 0) is 219 Å². The lowest BCUT2D eigenvalue weighted by molar-refractivity contribution is -0.194. The molecule has 11 heterocycles. The van der Waals surface area contributed by atoms with Crippen LogP contribution in [0.2, 0.25) is 20.5 Å². The standard InChI is InChI=1S/C52H72B3N7O10.C43H49N7O5/c1-33-20-42-36(4)61(54(6)66)43-28-48(47(68-8)26-41(43)51(64)59(42)29-33)71-32-38-23-37(24-39(25-38)58-17-15-57(16-18-58)14-11-13-56-53(5)65)31-70-46-27-44-40(22-35(46)3)50(63)60-30-34(2)21-45(60)52(62(44)55(7)67)72-49-12-9-10-19-69-49;1-27-12-33-21-45-37-19-39(29(3)14-35(37)42(51)49(33)23-27)54-25-30-15-31(17-32(16-30)48-10-8-47(9-11-48)7-5-6-44)26-55-41-20-38-36(18-40(41)53-4)43(52)50-24-28(2)13-34(50)22-46-38/h22-28,36,42,45,49,52,56,65-67H,1-2,9-21,29-32H2,3-8H3;14-22,33-34H,1-2,5-13,23-26,44H2,3-4H3/t36-,42-,45-,49?,52-;33-,34-/m00/s1. The molecular weight excluding hydrogens is 1610 g/mol. The number of piperazine rings is 2. The number of carbonyl (C=O) groups is 4. The van der Waals surface area contributed by atoms with Crippen molar-refractivity contribution in [3.63, 3.8) is 0 Å². The first kappa shape index (κ1) is 89.7. The molecule has 11 aliphatic rings. The van der Waals surface area contributed by atoms with Gasteiger partial charge >= 0.3 is 21.2 Å². The molecule has 127 heavy (non-hydrogen) atoms. The Labute approximate surface area is 746 Å². The summed E-state index contributed by atoms with van der Waals surface area (Å²) in [5, 5.41) is 35.5. The molecule has 7 atom stereocenters. The van der Waals surface area contributed by atoms with Crippen molar-refractivity contribution in [1.82, 2.24) is 34.6 Å². The van der Waals surface area contributed by atoms with E-state index in [4.69, 9.17) is 53.6 Å². The molecule has 11 aliphatic heterocycles. The van der Waals surface area contributed by atoms with Crippen LogP contribution >= 0.6 is 0 Å². The van der Waals surface area contributed by atoms with Gasteiger partial charge in [0.1, 0.15) is 44.2 Å². The van der Waals surface area contributed by atoms with Crippen molar-refractivity contribution in [2.45, 2.75) is 168 Å². The molecule has 29 nitrogen and oxygen atoms in total. The highest BCUT2D eigenvalue weighted by Gasteiger charge is 2.49. The van der Waals surface area contributed by atoms with Gasteiger partial charge in [-0.25, -0.2) is 0 Å². The van der Waals surface area contributed by atoms with Crippen molar-refractivity contribution in [1.29, 1.82) is 0 Å². The van der Waals surface area contributed by atoms with Crippen molar-refractivity contribution < 1.29 is 72.1 Å². The first-order valence-electron chi connectivity index (χ1n) is 45.0. The summed E-state index contributed by atoms with van der Waals surface area (Å²) in [7, 11) is 0.713. The van der Waals surface area contributed by atoms with Crippen molar-refractivity contribution in [3.8, 4) is 34.5 Å².